The second kappa shape index (κ2) is 12.8. The summed E-state index contributed by atoms with van der Waals surface area (Å²) < 4.78 is 89.0. The monoisotopic (exact) mass is 660 g/mol. The molecule has 46 heavy (non-hydrogen) atoms. The lowest BCUT2D eigenvalue weighted by Gasteiger charge is -2.28. The van der Waals surface area contributed by atoms with Gasteiger partial charge in [-0.1, -0.05) is 56.3 Å². The topological polar surface area (TPSA) is 111 Å². The largest absolute Gasteiger partial charge is 0.501 e. The van der Waals surface area contributed by atoms with E-state index in [-0.39, 0.29) is 47.1 Å². The molecule has 0 unspecified atom stereocenters. The first kappa shape index (κ1) is 33.0. The van der Waals surface area contributed by atoms with Crippen LogP contribution in [-0.4, -0.2) is 38.9 Å². The van der Waals surface area contributed by atoms with Gasteiger partial charge in [0.2, 0.25) is 5.91 Å². The molecule has 0 heterocycles. The molecule has 2 bridgehead atoms. The lowest BCUT2D eigenvalue weighted by molar-refractivity contribution is -0.121. The summed E-state index contributed by atoms with van der Waals surface area (Å²) in [6.07, 6.45) is 4.24. The van der Waals surface area contributed by atoms with Crippen LogP contribution in [0.4, 0.5) is 23.2 Å². The quantitative estimate of drug-likeness (QED) is 0.193. The smallest absolute Gasteiger partial charge is 0.496 e. The van der Waals surface area contributed by atoms with Gasteiger partial charge in [-0.15, -0.1) is 0 Å². The standard InChI is InChI=1S/C33H32F4N2O6S/c1-18(2)20-7-4-6-19(12-20)17-45-28-15-25(27(44-3)16-26(28)34)31(40)39-30-22-11-10-21(13-22)29(30)32(41)38-23-8-5-9-24(14-23)46(42,43)33(35,36)37/h4-12,14-16,18,21-22,29-30H,13,17H2,1-3H3,(H,38,41)(H,39,40)/t21-,22+,29+,30-/m1/s1. The van der Waals surface area contributed by atoms with Crippen molar-refractivity contribution >= 4 is 27.3 Å². The molecule has 2 N–H and O–H groups in total. The number of rotatable bonds is 10. The van der Waals surface area contributed by atoms with Crippen molar-refractivity contribution in [3.8, 4) is 11.5 Å². The highest BCUT2D eigenvalue weighted by atomic mass is 32.2. The maximum Gasteiger partial charge on any atom is 0.501 e. The first-order chi connectivity index (χ1) is 21.7. The summed E-state index contributed by atoms with van der Waals surface area (Å²) in [5.41, 5.74) is -3.77. The minimum atomic E-state index is -5.63. The fraction of sp³-hybridized carbons (Fsp3) is 0.333. The Kier molecular flexibility index (Phi) is 9.16. The van der Waals surface area contributed by atoms with Crippen LogP contribution in [-0.2, 0) is 21.2 Å². The highest BCUT2D eigenvalue weighted by Crippen LogP contribution is 2.45. The van der Waals surface area contributed by atoms with Gasteiger partial charge < -0.3 is 20.1 Å². The zero-order valence-corrected chi connectivity index (χ0v) is 25.9. The average molecular weight is 661 g/mol. The number of hydrogen-bond acceptors (Lipinski definition) is 6. The third-order valence-corrected chi connectivity index (χ3v) is 9.77. The predicted molar refractivity (Wildman–Crippen MR) is 162 cm³/mol. The van der Waals surface area contributed by atoms with Crippen LogP contribution in [0.3, 0.4) is 0 Å². The van der Waals surface area contributed by atoms with E-state index >= 15 is 0 Å². The van der Waals surface area contributed by atoms with Crippen LogP contribution >= 0.6 is 0 Å². The van der Waals surface area contributed by atoms with Gasteiger partial charge in [0.05, 0.1) is 23.5 Å². The molecular weight excluding hydrogens is 628 g/mol. The Hall–Kier alpha value is -4.39. The molecule has 244 valence electrons. The Morgan fingerprint density at radius 3 is 2.39 bits per heavy atom. The number of carbonyl (C=O) groups excluding carboxylic acids is 2. The number of hydrogen-bond donors (Lipinski definition) is 2. The van der Waals surface area contributed by atoms with Gasteiger partial charge in [-0.25, -0.2) is 12.8 Å². The van der Waals surface area contributed by atoms with E-state index in [1.165, 1.54) is 19.2 Å². The number of alkyl halides is 3. The number of ether oxygens (including phenoxy) is 2. The van der Waals surface area contributed by atoms with E-state index < -0.39 is 49.8 Å². The molecule has 0 spiro atoms. The molecule has 1 saturated carbocycles. The Morgan fingerprint density at radius 1 is 0.978 bits per heavy atom. The van der Waals surface area contributed by atoms with Gasteiger partial charge in [0.1, 0.15) is 12.4 Å². The lowest BCUT2D eigenvalue weighted by atomic mass is 9.87. The number of halogens is 4. The van der Waals surface area contributed by atoms with E-state index in [9.17, 15) is 35.6 Å². The Labute approximate surface area is 263 Å². The van der Waals surface area contributed by atoms with Crippen molar-refractivity contribution in [2.75, 3.05) is 12.4 Å². The number of carbonyl (C=O) groups is 2. The fourth-order valence-electron chi connectivity index (χ4n) is 5.90. The van der Waals surface area contributed by atoms with Crippen molar-refractivity contribution in [1.29, 1.82) is 0 Å². The van der Waals surface area contributed by atoms with Crippen LogP contribution in [0.2, 0.25) is 0 Å². The number of sulfone groups is 1. The highest BCUT2D eigenvalue weighted by Gasteiger charge is 2.49. The number of anilines is 1. The highest BCUT2D eigenvalue weighted by molar-refractivity contribution is 7.92. The molecule has 3 aromatic rings. The van der Waals surface area contributed by atoms with Gasteiger partial charge in [0, 0.05) is 17.8 Å². The second-order valence-electron chi connectivity index (χ2n) is 11.6. The van der Waals surface area contributed by atoms with Gasteiger partial charge in [-0.2, -0.15) is 13.2 Å². The molecule has 0 aliphatic heterocycles. The van der Waals surface area contributed by atoms with E-state index in [4.69, 9.17) is 9.47 Å². The molecular formula is C33H32F4N2O6S. The first-order valence-corrected chi connectivity index (χ1v) is 16.0. The van der Waals surface area contributed by atoms with Crippen molar-refractivity contribution in [1.82, 2.24) is 5.32 Å². The lowest BCUT2D eigenvalue weighted by Crippen LogP contribution is -2.47. The zero-order chi connectivity index (χ0) is 33.4. The molecule has 3 aromatic carbocycles. The van der Waals surface area contributed by atoms with Crippen molar-refractivity contribution in [3.05, 3.63) is 95.3 Å². The summed E-state index contributed by atoms with van der Waals surface area (Å²) in [7, 11) is -4.34. The van der Waals surface area contributed by atoms with Crippen LogP contribution in [0, 0.1) is 23.6 Å². The van der Waals surface area contributed by atoms with E-state index in [1.54, 1.807) is 0 Å². The maximum atomic E-state index is 15.0. The summed E-state index contributed by atoms with van der Waals surface area (Å²) in [6, 6.07) is 13.1. The number of amides is 2. The Bertz CT molecular complexity index is 1790. The van der Waals surface area contributed by atoms with Crippen LogP contribution in [0.1, 0.15) is 47.7 Å². The summed E-state index contributed by atoms with van der Waals surface area (Å²) in [5, 5.41) is 5.37. The van der Waals surface area contributed by atoms with Crippen molar-refractivity contribution in [3.63, 3.8) is 0 Å². The number of nitrogens with one attached hydrogen (secondary N) is 2. The Balaban J connectivity index is 1.34. The normalized spacial score (nSPS) is 20.5. The van der Waals surface area contributed by atoms with Crippen LogP contribution in [0.25, 0.3) is 0 Å². The van der Waals surface area contributed by atoms with Gasteiger partial charge in [-0.05, 0) is 59.6 Å². The molecule has 5 rings (SSSR count). The Morgan fingerprint density at radius 2 is 1.70 bits per heavy atom. The van der Waals surface area contributed by atoms with Crippen LogP contribution in [0.5, 0.6) is 11.5 Å². The number of benzene rings is 3. The molecule has 0 radical (unpaired) electrons. The summed E-state index contributed by atoms with van der Waals surface area (Å²) in [5.74, 6) is -3.25. The van der Waals surface area contributed by atoms with E-state index in [1.807, 2.05) is 36.4 Å². The van der Waals surface area contributed by atoms with Gasteiger partial charge in [-0.3, -0.25) is 9.59 Å². The summed E-state index contributed by atoms with van der Waals surface area (Å²) in [4.78, 5) is 26.0. The molecule has 8 nitrogen and oxygen atoms in total. The first-order valence-electron chi connectivity index (χ1n) is 14.5. The summed E-state index contributed by atoms with van der Waals surface area (Å²) in [6.45, 7) is 4.16. The maximum absolute atomic E-state index is 15.0. The minimum Gasteiger partial charge on any atom is -0.496 e. The molecule has 2 aliphatic carbocycles. The summed E-state index contributed by atoms with van der Waals surface area (Å²) >= 11 is 0. The number of fused-ring (bicyclic) bond motifs is 2. The van der Waals surface area contributed by atoms with Gasteiger partial charge in [0.25, 0.3) is 15.7 Å². The third kappa shape index (κ3) is 6.60. The van der Waals surface area contributed by atoms with Gasteiger partial charge in [0.15, 0.2) is 11.6 Å². The number of allylic oxidation sites excluding steroid dienone is 1. The van der Waals surface area contributed by atoms with E-state index in [0.717, 1.165) is 35.4 Å². The number of methoxy groups -OCH3 is 1. The second-order valence-corrected chi connectivity index (χ2v) is 13.6. The molecule has 2 aliphatic rings. The van der Waals surface area contributed by atoms with Crippen LogP contribution < -0.4 is 20.1 Å². The predicted octanol–water partition coefficient (Wildman–Crippen LogP) is 6.39. The van der Waals surface area contributed by atoms with Crippen molar-refractivity contribution in [2.24, 2.45) is 17.8 Å². The molecule has 0 saturated heterocycles. The molecule has 13 heteroatoms. The average Bonchev–Trinajstić information content (AvgIpc) is 3.62. The van der Waals surface area contributed by atoms with Gasteiger partial charge >= 0.3 is 5.51 Å². The molecule has 0 aromatic heterocycles. The minimum absolute atomic E-state index is 0.0224. The zero-order valence-electron chi connectivity index (χ0n) is 25.1. The molecule has 4 atom stereocenters. The van der Waals surface area contributed by atoms with E-state index in [2.05, 4.69) is 24.5 Å². The molecule has 1 fully saturated rings. The van der Waals surface area contributed by atoms with Crippen LogP contribution in [0.15, 0.2) is 77.7 Å². The van der Waals surface area contributed by atoms with E-state index in [0.29, 0.717) is 6.42 Å². The van der Waals surface area contributed by atoms with Crippen molar-refractivity contribution < 1.29 is 45.0 Å². The SMILES string of the molecule is COc1cc(F)c(OCc2cccc(C(C)C)c2)cc1C(=O)N[C@H]1[C@@H](C(=O)Nc2cccc(S(=O)(=O)C(F)(F)F)c2)[C@@H]2C=C[C@H]1C2. The van der Waals surface area contributed by atoms with Crippen molar-refractivity contribution in [2.45, 2.75) is 49.2 Å². The molecule has 2 amide bonds. The third-order valence-electron chi connectivity index (χ3n) is 8.29. The fourth-order valence-corrected chi connectivity index (χ4v) is 6.71.